The van der Waals surface area contributed by atoms with Crippen LogP contribution in [0.1, 0.15) is 65.2 Å². The van der Waals surface area contributed by atoms with Gasteiger partial charge in [-0.05, 0) is 69.6 Å². The highest BCUT2D eigenvalue weighted by atomic mass is 16.7. The summed E-state index contributed by atoms with van der Waals surface area (Å²) < 4.78 is 16.7. The van der Waals surface area contributed by atoms with Crippen LogP contribution in [0.5, 0.6) is 0 Å². The van der Waals surface area contributed by atoms with Gasteiger partial charge in [-0.15, -0.1) is 0 Å². The lowest BCUT2D eigenvalue weighted by Gasteiger charge is -2.55. The third-order valence-corrected chi connectivity index (χ3v) is 5.97. The number of hydrogen-bond donors (Lipinski definition) is 0. The minimum absolute atomic E-state index is 0.00370. The molecule has 23 heavy (non-hydrogen) atoms. The van der Waals surface area contributed by atoms with Gasteiger partial charge in [-0.25, -0.2) is 0 Å². The first-order chi connectivity index (χ1) is 11.1. The van der Waals surface area contributed by atoms with Gasteiger partial charge < -0.3 is 14.2 Å². The monoisotopic (exact) mass is 324 g/mol. The number of unbranched alkanes of at least 4 members (excludes halogenated alkanes) is 1. The number of esters is 1. The Hall–Kier alpha value is -0.610. The maximum atomic E-state index is 12.7. The van der Waals surface area contributed by atoms with Gasteiger partial charge >= 0.3 is 5.97 Å². The summed E-state index contributed by atoms with van der Waals surface area (Å²) in [6, 6.07) is 0. The highest BCUT2D eigenvalue weighted by Crippen LogP contribution is 2.60. The molecule has 4 nitrogen and oxygen atoms in total. The molecule has 0 aromatic rings. The van der Waals surface area contributed by atoms with E-state index in [1.54, 1.807) is 0 Å². The van der Waals surface area contributed by atoms with E-state index in [9.17, 15) is 4.79 Å². The number of ether oxygens (including phenoxy) is 3. The molecule has 0 saturated heterocycles. The van der Waals surface area contributed by atoms with Crippen molar-refractivity contribution < 1.29 is 19.0 Å². The zero-order valence-electron chi connectivity index (χ0n) is 14.7. The van der Waals surface area contributed by atoms with E-state index in [-0.39, 0.29) is 11.4 Å². The lowest BCUT2D eigenvalue weighted by Crippen LogP contribution is -2.51. The Morgan fingerprint density at radius 3 is 2.22 bits per heavy atom. The molecule has 0 aromatic carbocycles. The molecule has 4 aliphatic rings. The van der Waals surface area contributed by atoms with Crippen molar-refractivity contribution in [3.05, 3.63) is 0 Å². The second-order valence-electron chi connectivity index (χ2n) is 8.01. The van der Waals surface area contributed by atoms with Gasteiger partial charge in [0, 0.05) is 6.61 Å². The predicted molar refractivity (Wildman–Crippen MR) is 87.8 cm³/mol. The minimum atomic E-state index is -0.467. The lowest BCUT2D eigenvalue weighted by molar-refractivity contribution is -0.200. The van der Waals surface area contributed by atoms with Crippen molar-refractivity contribution in [3.8, 4) is 0 Å². The summed E-state index contributed by atoms with van der Waals surface area (Å²) in [6.07, 6.45) is 8.91. The molecule has 1 unspecified atom stereocenters. The van der Waals surface area contributed by atoms with Crippen molar-refractivity contribution in [2.45, 2.75) is 71.5 Å². The van der Waals surface area contributed by atoms with Gasteiger partial charge in [-0.2, -0.15) is 0 Å². The Bertz CT molecular complexity index is 371. The fourth-order valence-electron chi connectivity index (χ4n) is 5.29. The molecule has 4 saturated carbocycles. The summed E-state index contributed by atoms with van der Waals surface area (Å²) >= 11 is 0. The highest BCUT2D eigenvalue weighted by molar-refractivity contribution is 5.77. The van der Waals surface area contributed by atoms with Crippen molar-refractivity contribution in [1.29, 1.82) is 0 Å². The largest absolute Gasteiger partial charge is 0.436 e. The van der Waals surface area contributed by atoms with Gasteiger partial charge in [0.2, 0.25) is 0 Å². The zero-order chi connectivity index (χ0) is 16.3. The maximum absolute atomic E-state index is 12.7. The molecule has 4 heteroatoms. The van der Waals surface area contributed by atoms with Crippen LogP contribution in [-0.4, -0.2) is 32.1 Å². The molecule has 0 aromatic heterocycles. The number of rotatable bonds is 9. The van der Waals surface area contributed by atoms with Crippen LogP contribution in [0.25, 0.3) is 0 Å². The average molecular weight is 324 g/mol. The van der Waals surface area contributed by atoms with E-state index in [0.717, 1.165) is 56.5 Å². The van der Waals surface area contributed by atoms with Crippen LogP contribution in [0.4, 0.5) is 0 Å². The fourth-order valence-corrected chi connectivity index (χ4v) is 5.29. The molecular formula is C19H32O4. The molecule has 0 amide bonds. The Balaban J connectivity index is 1.40. The molecular weight excluding hydrogens is 292 g/mol. The van der Waals surface area contributed by atoms with Gasteiger partial charge in [0.05, 0.1) is 18.6 Å². The van der Waals surface area contributed by atoms with E-state index in [1.165, 1.54) is 19.3 Å². The summed E-state index contributed by atoms with van der Waals surface area (Å²) in [5.41, 5.74) is -0.190. The molecule has 4 aliphatic carbocycles. The topological polar surface area (TPSA) is 44.8 Å². The van der Waals surface area contributed by atoms with Gasteiger partial charge in [-0.1, -0.05) is 13.3 Å². The smallest absolute Gasteiger partial charge is 0.314 e. The van der Waals surface area contributed by atoms with E-state index in [2.05, 4.69) is 6.92 Å². The molecule has 0 N–H and O–H groups in total. The minimum Gasteiger partial charge on any atom is -0.436 e. The van der Waals surface area contributed by atoms with Crippen LogP contribution in [-0.2, 0) is 19.0 Å². The van der Waals surface area contributed by atoms with Crippen LogP contribution in [0.2, 0.25) is 0 Å². The molecule has 132 valence electrons. The van der Waals surface area contributed by atoms with Gasteiger partial charge in [0.15, 0.2) is 6.29 Å². The van der Waals surface area contributed by atoms with Crippen molar-refractivity contribution in [2.24, 2.45) is 23.2 Å². The first kappa shape index (κ1) is 17.2. The summed E-state index contributed by atoms with van der Waals surface area (Å²) in [7, 11) is 0. The van der Waals surface area contributed by atoms with Crippen LogP contribution in [0.3, 0.4) is 0 Å². The van der Waals surface area contributed by atoms with Gasteiger partial charge in [-0.3, -0.25) is 4.79 Å². The molecule has 0 spiro atoms. The summed E-state index contributed by atoms with van der Waals surface area (Å²) in [6.45, 7) is 5.80. The average Bonchev–Trinajstić information content (AvgIpc) is 2.49. The predicted octanol–water partition coefficient (Wildman–Crippen LogP) is 3.93. The summed E-state index contributed by atoms with van der Waals surface area (Å²) in [4.78, 5) is 12.7. The quantitative estimate of drug-likeness (QED) is 0.366. The Morgan fingerprint density at radius 1 is 1.04 bits per heavy atom. The number of carbonyl (C=O) groups is 1. The summed E-state index contributed by atoms with van der Waals surface area (Å²) in [5, 5.41) is 0. The molecule has 4 bridgehead atoms. The van der Waals surface area contributed by atoms with E-state index in [1.807, 2.05) is 6.92 Å². The number of hydrogen-bond acceptors (Lipinski definition) is 4. The SMILES string of the molecule is CCCCOCCOC(C)OC(=O)C12CC3CC(CC(C3)C1)C2. The standard InChI is InChI=1S/C19H32O4/c1-3-4-5-21-6-7-22-14(2)23-18(20)19-11-15-8-16(12-19)10-17(9-15)13-19/h14-17H,3-13H2,1-2H3. The Morgan fingerprint density at radius 2 is 1.65 bits per heavy atom. The fraction of sp³-hybridized carbons (Fsp3) is 0.947. The normalized spacial score (nSPS) is 36.2. The van der Waals surface area contributed by atoms with Crippen LogP contribution in [0.15, 0.2) is 0 Å². The highest BCUT2D eigenvalue weighted by Gasteiger charge is 2.55. The second kappa shape index (κ2) is 7.52. The zero-order valence-corrected chi connectivity index (χ0v) is 14.7. The van der Waals surface area contributed by atoms with E-state index in [0.29, 0.717) is 13.2 Å². The van der Waals surface area contributed by atoms with E-state index >= 15 is 0 Å². The van der Waals surface area contributed by atoms with Crippen LogP contribution >= 0.6 is 0 Å². The van der Waals surface area contributed by atoms with Crippen molar-refractivity contribution >= 4 is 5.97 Å². The summed E-state index contributed by atoms with van der Waals surface area (Å²) in [5.74, 6) is 2.28. The molecule has 4 fully saturated rings. The molecule has 0 radical (unpaired) electrons. The van der Waals surface area contributed by atoms with Crippen molar-refractivity contribution in [3.63, 3.8) is 0 Å². The molecule has 4 rings (SSSR count). The first-order valence-corrected chi connectivity index (χ1v) is 9.52. The van der Waals surface area contributed by atoms with Gasteiger partial charge in [0.1, 0.15) is 0 Å². The van der Waals surface area contributed by atoms with Crippen LogP contribution < -0.4 is 0 Å². The van der Waals surface area contributed by atoms with Crippen molar-refractivity contribution in [2.75, 3.05) is 19.8 Å². The van der Waals surface area contributed by atoms with E-state index < -0.39 is 6.29 Å². The number of carbonyl (C=O) groups excluding carboxylic acids is 1. The van der Waals surface area contributed by atoms with Crippen LogP contribution in [0, 0.1) is 23.2 Å². The van der Waals surface area contributed by atoms with Crippen molar-refractivity contribution in [1.82, 2.24) is 0 Å². The Labute approximate surface area is 140 Å². The molecule has 1 atom stereocenters. The second-order valence-corrected chi connectivity index (χ2v) is 8.01. The van der Waals surface area contributed by atoms with E-state index in [4.69, 9.17) is 14.2 Å². The Kier molecular flexibility index (Phi) is 5.63. The van der Waals surface area contributed by atoms with Gasteiger partial charge in [0.25, 0.3) is 0 Å². The third kappa shape index (κ3) is 4.08. The lowest BCUT2D eigenvalue weighted by atomic mass is 9.49. The third-order valence-electron chi connectivity index (χ3n) is 5.97. The molecule has 0 heterocycles. The maximum Gasteiger partial charge on any atom is 0.314 e. The molecule has 0 aliphatic heterocycles. The first-order valence-electron chi connectivity index (χ1n) is 9.52.